The lowest BCUT2D eigenvalue weighted by molar-refractivity contribution is -0.120. The van der Waals surface area contributed by atoms with Crippen LogP contribution < -0.4 is 25.6 Å². The molecule has 308 valence electrons. The van der Waals surface area contributed by atoms with E-state index in [1.54, 1.807) is 157 Å². The molecule has 2 heterocycles. The second-order valence-corrected chi connectivity index (χ2v) is 17.9. The average molecular weight is 813 g/mol. The monoisotopic (exact) mass is 812 g/mol. The molecule has 4 N–H and O–H groups in total. The summed E-state index contributed by atoms with van der Waals surface area (Å²) in [6.07, 6.45) is -0.308. The maximum absolute atomic E-state index is 14.2. The van der Waals surface area contributed by atoms with Gasteiger partial charge in [0.1, 0.15) is 5.60 Å². The fourth-order valence-electron chi connectivity index (χ4n) is 5.93. The van der Waals surface area contributed by atoms with Crippen LogP contribution in [-0.4, -0.2) is 103 Å². The molecule has 1 atom stereocenters. The van der Waals surface area contributed by atoms with Crippen LogP contribution in [0, 0.1) is 0 Å². The van der Waals surface area contributed by atoms with Crippen molar-refractivity contribution in [2.24, 2.45) is 0 Å². The molecule has 0 radical (unpaired) electrons. The second kappa shape index (κ2) is 17.3. The van der Waals surface area contributed by atoms with Crippen molar-refractivity contribution in [3.05, 3.63) is 91.1 Å². The van der Waals surface area contributed by atoms with Gasteiger partial charge in [0, 0.05) is 28.2 Å². The van der Waals surface area contributed by atoms with Crippen LogP contribution in [0.25, 0.3) is 16.8 Å². The number of carbonyl (C=O) groups is 3. The third-order valence-electron chi connectivity index (χ3n) is 8.09. The quantitative estimate of drug-likeness (QED) is 0.103. The van der Waals surface area contributed by atoms with Crippen molar-refractivity contribution in [2.75, 3.05) is 55.6 Å². The third kappa shape index (κ3) is 11.4. The molecule has 5 aromatic rings. The van der Waals surface area contributed by atoms with Crippen molar-refractivity contribution >= 4 is 62.1 Å². The Bertz CT molecular complexity index is 2400. The minimum absolute atomic E-state index is 0.129. The topological polar surface area (TPSA) is 183 Å². The summed E-state index contributed by atoms with van der Waals surface area (Å²) in [5.41, 5.74) is 2.19. The highest BCUT2D eigenvalue weighted by Crippen LogP contribution is 2.28. The molecule has 58 heavy (non-hydrogen) atoms. The summed E-state index contributed by atoms with van der Waals surface area (Å²) in [5, 5.41) is 13.6. The molecule has 2 aromatic heterocycles. The van der Waals surface area contributed by atoms with Gasteiger partial charge in [-0.1, -0.05) is 24.3 Å². The van der Waals surface area contributed by atoms with E-state index < -0.39 is 39.3 Å². The summed E-state index contributed by atoms with van der Waals surface area (Å²) in [6.45, 7) is 10.7. The number of ether oxygens (including phenoxy) is 1. The molecule has 0 saturated carbocycles. The Balaban J connectivity index is 1.40. The number of sulfonamides is 1. The molecular weight excluding hydrogens is 761 g/mol. The zero-order valence-electron chi connectivity index (χ0n) is 34.5. The molecule has 16 nitrogen and oxygen atoms in total. The van der Waals surface area contributed by atoms with Gasteiger partial charge in [0.25, 0.3) is 5.91 Å². The van der Waals surface area contributed by atoms with E-state index in [0.717, 1.165) is 0 Å². The molecule has 0 aliphatic heterocycles. The van der Waals surface area contributed by atoms with Crippen LogP contribution >= 0.6 is 0 Å². The number of hydrogen-bond acceptors (Lipinski definition) is 11. The van der Waals surface area contributed by atoms with Crippen LogP contribution in [-0.2, 0) is 24.3 Å². The number of hydrogen-bond donors (Lipinski definition) is 4. The largest absolute Gasteiger partial charge is 0.443 e. The molecular formula is C41H52N10O6S. The van der Waals surface area contributed by atoms with Crippen molar-refractivity contribution in [3.8, 4) is 11.3 Å². The van der Waals surface area contributed by atoms with Crippen molar-refractivity contribution in [1.29, 1.82) is 0 Å². The Morgan fingerprint density at radius 2 is 1.47 bits per heavy atom. The zero-order valence-corrected chi connectivity index (χ0v) is 35.3. The number of anilines is 5. The van der Waals surface area contributed by atoms with Crippen LogP contribution in [0.5, 0.6) is 0 Å². The van der Waals surface area contributed by atoms with Crippen LogP contribution in [0.3, 0.4) is 0 Å². The summed E-state index contributed by atoms with van der Waals surface area (Å²) in [5.74, 6) is -0.536. The lowest BCUT2D eigenvalue weighted by atomic mass is 10.1. The summed E-state index contributed by atoms with van der Waals surface area (Å²) in [6, 6.07) is 23.9. The molecule has 0 saturated heterocycles. The number of nitrogens with zero attached hydrogens (tertiary/aromatic N) is 6. The van der Waals surface area contributed by atoms with E-state index in [1.807, 2.05) is 18.2 Å². The number of amides is 3. The highest BCUT2D eigenvalue weighted by molar-refractivity contribution is 7.89. The molecule has 5 rings (SSSR count). The Morgan fingerprint density at radius 3 is 2.12 bits per heavy atom. The Kier molecular flexibility index (Phi) is 12.9. The van der Waals surface area contributed by atoms with Gasteiger partial charge in [-0.15, -0.1) is 5.10 Å². The van der Waals surface area contributed by atoms with Crippen molar-refractivity contribution < 1.29 is 27.5 Å². The normalized spacial score (nSPS) is 12.7. The number of fused-ring (bicyclic) bond motifs is 1. The maximum atomic E-state index is 14.2. The van der Waals surface area contributed by atoms with Crippen LogP contribution in [0.15, 0.2) is 96.0 Å². The fraction of sp³-hybridized carbons (Fsp3) is 0.341. The lowest BCUT2D eigenvalue weighted by Gasteiger charge is -2.36. The Hall–Kier alpha value is -5.88. The number of aromatic nitrogens is 3. The SMILES string of the molecule is CN(C)CC(=O)Nc1cccc(N(C(=O)OC(C)(C)C)C(C(=O)Nc2cccc(Nc3ncc4ccc(-c5cccc(S(=O)(=O)NC(C)(C)C)c5)n4n3)c2)N(C)C)c1. The van der Waals surface area contributed by atoms with E-state index in [0.29, 0.717) is 39.5 Å². The summed E-state index contributed by atoms with van der Waals surface area (Å²) in [4.78, 5) is 49.7. The van der Waals surface area contributed by atoms with Gasteiger partial charge in [0.15, 0.2) is 6.17 Å². The van der Waals surface area contributed by atoms with Gasteiger partial charge in [-0.25, -0.2) is 27.4 Å². The number of likely N-dealkylation sites (N-methyl/N-ethyl adjacent to an activating group) is 2. The molecule has 0 aliphatic carbocycles. The Labute approximate surface area is 339 Å². The van der Waals surface area contributed by atoms with E-state index in [4.69, 9.17) is 9.84 Å². The van der Waals surface area contributed by atoms with Crippen molar-refractivity contribution in [1.82, 2.24) is 29.1 Å². The van der Waals surface area contributed by atoms with E-state index in [1.165, 1.54) is 4.90 Å². The van der Waals surface area contributed by atoms with Gasteiger partial charge in [-0.05, 0) is 130 Å². The van der Waals surface area contributed by atoms with Gasteiger partial charge >= 0.3 is 6.09 Å². The van der Waals surface area contributed by atoms with Gasteiger partial charge in [-0.2, -0.15) is 0 Å². The molecule has 0 aliphatic rings. The van der Waals surface area contributed by atoms with Gasteiger partial charge in [-0.3, -0.25) is 19.4 Å². The molecule has 0 fully saturated rings. The molecule has 17 heteroatoms. The first kappa shape index (κ1) is 43.2. The van der Waals surface area contributed by atoms with E-state index >= 15 is 0 Å². The standard InChI is InChI=1S/C41H52N10O6S/c1-40(2,3)47-58(55,56)33-19-11-14-27(22-33)34-21-20-32-25-42-38(46-51(32)34)45-29-16-12-15-28(23-29)44-36(53)37(49(9)10)50(39(54)57-41(4,5)6)31-18-13-17-30(24-31)43-35(52)26-48(7)8/h11-25,37,47H,26H2,1-10H3,(H,43,52)(H,44,53)(H,45,46). The number of rotatable bonds is 13. The van der Waals surface area contributed by atoms with Crippen molar-refractivity contribution in [2.45, 2.75) is 63.7 Å². The van der Waals surface area contributed by atoms with E-state index in [-0.39, 0.29) is 23.3 Å². The number of carbonyl (C=O) groups excluding carboxylic acids is 3. The first-order valence-electron chi connectivity index (χ1n) is 18.5. The predicted octanol–water partition coefficient (Wildman–Crippen LogP) is 5.98. The fourth-order valence-corrected chi connectivity index (χ4v) is 7.40. The zero-order chi connectivity index (χ0) is 42.6. The lowest BCUT2D eigenvalue weighted by Crippen LogP contribution is -2.56. The minimum Gasteiger partial charge on any atom is -0.443 e. The Morgan fingerprint density at radius 1 is 0.810 bits per heavy atom. The second-order valence-electron chi connectivity index (χ2n) is 16.2. The maximum Gasteiger partial charge on any atom is 0.416 e. The van der Waals surface area contributed by atoms with Gasteiger partial charge < -0.3 is 25.6 Å². The number of nitrogens with one attached hydrogen (secondary N) is 4. The van der Waals surface area contributed by atoms with Gasteiger partial charge in [0.05, 0.1) is 34.5 Å². The molecule has 1 unspecified atom stereocenters. The van der Waals surface area contributed by atoms with Crippen molar-refractivity contribution in [3.63, 3.8) is 0 Å². The molecule has 0 spiro atoms. The van der Waals surface area contributed by atoms with Crippen LogP contribution in [0.4, 0.5) is 33.5 Å². The van der Waals surface area contributed by atoms with Crippen LogP contribution in [0.1, 0.15) is 41.5 Å². The number of benzene rings is 3. The first-order chi connectivity index (χ1) is 27.1. The van der Waals surface area contributed by atoms with E-state index in [9.17, 15) is 22.8 Å². The molecule has 0 bridgehead atoms. The highest BCUT2D eigenvalue weighted by Gasteiger charge is 2.36. The van der Waals surface area contributed by atoms with E-state index in [2.05, 4.69) is 25.7 Å². The summed E-state index contributed by atoms with van der Waals surface area (Å²) >= 11 is 0. The third-order valence-corrected chi connectivity index (χ3v) is 9.85. The molecule has 3 aromatic carbocycles. The predicted molar refractivity (Wildman–Crippen MR) is 227 cm³/mol. The summed E-state index contributed by atoms with van der Waals surface area (Å²) < 4.78 is 36.3. The molecule has 3 amide bonds. The summed E-state index contributed by atoms with van der Waals surface area (Å²) in [7, 11) is 3.13. The first-order valence-corrected chi connectivity index (χ1v) is 20.0. The minimum atomic E-state index is -3.77. The van der Waals surface area contributed by atoms with Crippen LogP contribution in [0.2, 0.25) is 0 Å². The average Bonchev–Trinajstić information content (AvgIpc) is 3.52. The highest BCUT2D eigenvalue weighted by atomic mass is 32.2. The smallest absolute Gasteiger partial charge is 0.416 e. The van der Waals surface area contributed by atoms with Gasteiger partial charge in [0.2, 0.25) is 21.9 Å².